The summed E-state index contributed by atoms with van der Waals surface area (Å²) in [5.74, 6) is 1.33. The van der Waals surface area contributed by atoms with Gasteiger partial charge in [0.1, 0.15) is 11.6 Å². The Morgan fingerprint density at radius 1 is 0.971 bits per heavy atom. The van der Waals surface area contributed by atoms with Crippen LogP contribution in [0.1, 0.15) is 12.5 Å². The molecule has 1 aliphatic rings. The molecule has 2 N–H and O–H groups in total. The molecule has 184 valence electrons. The number of hydrogen-bond donors (Lipinski definition) is 2. The van der Waals surface area contributed by atoms with Crippen LogP contribution in [0, 0.1) is 6.92 Å². The van der Waals surface area contributed by atoms with E-state index >= 15 is 0 Å². The number of nitrogens with zero attached hydrogens (tertiary/aromatic N) is 3. The standard InChI is InChI=1S/C25H29N5O4S/c1-3-34-23-7-5-4-6-22(23)28-25(31)27-20-10-13-24(26-18-20)29-14-16-30(17-15-29)35(32,33)21-11-8-19(2)9-12-21/h4-13,18H,3,14-17H2,1-2H3,(H2,27,28,31). The second kappa shape index (κ2) is 10.7. The minimum absolute atomic E-state index is 0.312. The number of pyridine rings is 1. The number of benzene rings is 2. The molecule has 9 nitrogen and oxygen atoms in total. The van der Waals surface area contributed by atoms with Crippen molar-refractivity contribution in [3.8, 4) is 5.75 Å². The number of ether oxygens (including phenoxy) is 1. The monoisotopic (exact) mass is 495 g/mol. The van der Waals surface area contributed by atoms with Gasteiger partial charge in [0.05, 0.1) is 29.1 Å². The first-order valence-corrected chi connectivity index (χ1v) is 12.9. The highest BCUT2D eigenvalue weighted by Gasteiger charge is 2.28. The second-order valence-electron chi connectivity index (χ2n) is 8.12. The fourth-order valence-electron chi connectivity index (χ4n) is 3.80. The number of nitrogens with one attached hydrogen (secondary N) is 2. The van der Waals surface area contributed by atoms with Gasteiger partial charge in [0.2, 0.25) is 10.0 Å². The summed E-state index contributed by atoms with van der Waals surface area (Å²) in [6.45, 7) is 6.11. The van der Waals surface area contributed by atoms with Crippen LogP contribution in [-0.2, 0) is 10.0 Å². The molecule has 2 heterocycles. The number of anilines is 3. The van der Waals surface area contributed by atoms with E-state index in [1.165, 1.54) is 4.31 Å². The summed E-state index contributed by atoms with van der Waals surface area (Å²) in [7, 11) is -3.51. The lowest BCUT2D eigenvalue weighted by Crippen LogP contribution is -2.48. The van der Waals surface area contributed by atoms with Crippen molar-refractivity contribution in [1.82, 2.24) is 9.29 Å². The third-order valence-electron chi connectivity index (χ3n) is 5.66. The van der Waals surface area contributed by atoms with E-state index in [-0.39, 0.29) is 0 Å². The van der Waals surface area contributed by atoms with Gasteiger partial charge in [-0.2, -0.15) is 4.31 Å². The fraction of sp³-hybridized carbons (Fsp3) is 0.280. The average Bonchev–Trinajstić information content (AvgIpc) is 2.86. The average molecular weight is 496 g/mol. The zero-order valence-electron chi connectivity index (χ0n) is 19.8. The van der Waals surface area contributed by atoms with Gasteiger partial charge in [-0.15, -0.1) is 0 Å². The van der Waals surface area contributed by atoms with Crippen molar-refractivity contribution in [2.24, 2.45) is 0 Å². The number of amides is 2. The van der Waals surface area contributed by atoms with Gasteiger partial charge in [-0.25, -0.2) is 18.2 Å². The zero-order valence-corrected chi connectivity index (χ0v) is 20.6. The van der Waals surface area contributed by atoms with E-state index in [1.807, 2.05) is 36.9 Å². The molecule has 10 heteroatoms. The van der Waals surface area contributed by atoms with E-state index in [1.54, 1.807) is 48.7 Å². The predicted molar refractivity (Wildman–Crippen MR) is 137 cm³/mol. The molecule has 0 unspecified atom stereocenters. The zero-order chi connectivity index (χ0) is 24.8. The third-order valence-corrected chi connectivity index (χ3v) is 7.58. The van der Waals surface area contributed by atoms with Gasteiger partial charge >= 0.3 is 6.03 Å². The molecular formula is C25H29N5O4S. The number of piperazine rings is 1. The lowest BCUT2D eigenvalue weighted by molar-refractivity contribution is 0.262. The van der Waals surface area contributed by atoms with Crippen molar-refractivity contribution in [3.05, 3.63) is 72.4 Å². The van der Waals surface area contributed by atoms with Gasteiger partial charge in [-0.3, -0.25) is 0 Å². The van der Waals surface area contributed by atoms with Crippen LogP contribution in [0.3, 0.4) is 0 Å². The van der Waals surface area contributed by atoms with Crippen molar-refractivity contribution in [2.45, 2.75) is 18.7 Å². The number of sulfonamides is 1. The van der Waals surface area contributed by atoms with Gasteiger partial charge in [0.15, 0.2) is 0 Å². The number of hydrogen-bond acceptors (Lipinski definition) is 6. The lowest BCUT2D eigenvalue weighted by Gasteiger charge is -2.34. The summed E-state index contributed by atoms with van der Waals surface area (Å²) in [6.07, 6.45) is 1.58. The van der Waals surface area contributed by atoms with Crippen molar-refractivity contribution in [1.29, 1.82) is 0 Å². The second-order valence-corrected chi connectivity index (χ2v) is 10.1. The van der Waals surface area contributed by atoms with Crippen molar-refractivity contribution >= 4 is 33.2 Å². The Hall–Kier alpha value is -3.63. The molecule has 1 fully saturated rings. The number of carbonyl (C=O) groups is 1. The summed E-state index contributed by atoms with van der Waals surface area (Å²) < 4.78 is 32.9. The Morgan fingerprint density at radius 3 is 2.34 bits per heavy atom. The Morgan fingerprint density at radius 2 is 1.69 bits per heavy atom. The largest absolute Gasteiger partial charge is 0.492 e. The summed E-state index contributed by atoms with van der Waals surface area (Å²) >= 11 is 0. The smallest absolute Gasteiger partial charge is 0.323 e. The minimum Gasteiger partial charge on any atom is -0.492 e. The molecule has 35 heavy (non-hydrogen) atoms. The maximum absolute atomic E-state index is 12.9. The first kappa shape index (κ1) is 24.5. The highest BCUT2D eigenvalue weighted by Crippen LogP contribution is 2.24. The molecule has 0 radical (unpaired) electrons. The van der Waals surface area contributed by atoms with Crippen LogP contribution < -0.4 is 20.3 Å². The van der Waals surface area contributed by atoms with Crippen LogP contribution in [0.5, 0.6) is 5.75 Å². The first-order valence-electron chi connectivity index (χ1n) is 11.4. The van der Waals surface area contributed by atoms with Gasteiger partial charge in [0, 0.05) is 26.2 Å². The fourth-order valence-corrected chi connectivity index (χ4v) is 5.22. The number of para-hydroxylation sites is 2. The van der Waals surface area contributed by atoms with E-state index in [0.29, 0.717) is 54.8 Å². The summed E-state index contributed by atoms with van der Waals surface area (Å²) in [6, 6.07) is 17.3. The highest BCUT2D eigenvalue weighted by atomic mass is 32.2. The Balaban J connectivity index is 1.32. The number of aromatic nitrogens is 1. The SMILES string of the molecule is CCOc1ccccc1NC(=O)Nc1ccc(N2CCN(S(=O)(=O)c3ccc(C)cc3)CC2)nc1. The van der Waals surface area contributed by atoms with Gasteiger partial charge in [0.25, 0.3) is 0 Å². The Kier molecular flexibility index (Phi) is 7.52. The molecule has 2 aromatic carbocycles. The van der Waals surface area contributed by atoms with E-state index in [0.717, 1.165) is 11.4 Å². The number of aryl methyl sites for hydroxylation is 1. The normalized spacial score (nSPS) is 14.4. The molecule has 3 aromatic rings. The topological polar surface area (TPSA) is 104 Å². The van der Waals surface area contributed by atoms with Crippen LogP contribution in [0.15, 0.2) is 71.8 Å². The maximum atomic E-state index is 12.9. The predicted octanol–water partition coefficient (Wildman–Crippen LogP) is 3.94. The van der Waals surface area contributed by atoms with Crippen LogP contribution in [0.25, 0.3) is 0 Å². The minimum atomic E-state index is -3.51. The molecular weight excluding hydrogens is 466 g/mol. The van der Waals surface area contributed by atoms with Gasteiger partial charge < -0.3 is 20.3 Å². The summed E-state index contributed by atoms with van der Waals surface area (Å²) in [4.78, 5) is 19.2. The van der Waals surface area contributed by atoms with E-state index in [4.69, 9.17) is 4.74 Å². The Bertz CT molecular complexity index is 1260. The van der Waals surface area contributed by atoms with Crippen LogP contribution >= 0.6 is 0 Å². The molecule has 2 amide bonds. The maximum Gasteiger partial charge on any atom is 0.323 e. The Labute approximate surface area is 205 Å². The van der Waals surface area contributed by atoms with E-state index in [9.17, 15) is 13.2 Å². The number of rotatable bonds is 7. The highest BCUT2D eigenvalue weighted by molar-refractivity contribution is 7.89. The van der Waals surface area contributed by atoms with Crippen LogP contribution in [-0.4, -0.2) is 56.5 Å². The van der Waals surface area contributed by atoms with Gasteiger partial charge in [-0.05, 0) is 50.2 Å². The molecule has 1 saturated heterocycles. The lowest BCUT2D eigenvalue weighted by atomic mass is 10.2. The number of carbonyl (C=O) groups excluding carboxylic acids is 1. The molecule has 0 atom stereocenters. The molecule has 1 aromatic heterocycles. The van der Waals surface area contributed by atoms with Crippen molar-refractivity contribution in [3.63, 3.8) is 0 Å². The van der Waals surface area contributed by atoms with Crippen LogP contribution in [0.4, 0.5) is 22.0 Å². The summed E-state index contributed by atoms with van der Waals surface area (Å²) in [5, 5.41) is 5.55. The molecule has 4 rings (SSSR count). The van der Waals surface area contributed by atoms with Crippen molar-refractivity contribution < 1.29 is 17.9 Å². The van der Waals surface area contributed by atoms with E-state index in [2.05, 4.69) is 15.6 Å². The van der Waals surface area contributed by atoms with Crippen LogP contribution in [0.2, 0.25) is 0 Å². The third kappa shape index (κ3) is 5.90. The van der Waals surface area contributed by atoms with Gasteiger partial charge in [-0.1, -0.05) is 29.8 Å². The summed E-state index contributed by atoms with van der Waals surface area (Å²) in [5.41, 5.74) is 2.14. The molecule has 0 bridgehead atoms. The molecule has 1 aliphatic heterocycles. The van der Waals surface area contributed by atoms with Crippen molar-refractivity contribution in [2.75, 3.05) is 48.3 Å². The first-order chi connectivity index (χ1) is 16.9. The number of urea groups is 1. The molecule has 0 aliphatic carbocycles. The van der Waals surface area contributed by atoms with E-state index < -0.39 is 16.1 Å². The molecule has 0 spiro atoms. The molecule has 0 saturated carbocycles. The quantitative estimate of drug-likeness (QED) is 0.515.